The number of Topliss-reactive ketones (excluding diaryl/α,β-unsaturated/α-hetero) is 1. The van der Waals surface area contributed by atoms with Crippen LogP contribution in [-0.2, 0) is 4.79 Å². The molecule has 30 heavy (non-hydrogen) atoms. The van der Waals surface area contributed by atoms with Crippen LogP contribution in [0.3, 0.4) is 0 Å². The lowest BCUT2D eigenvalue weighted by Gasteiger charge is -2.25. The van der Waals surface area contributed by atoms with E-state index in [0.29, 0.717) is 17.0 Å². The first-order valence-corrected chi connectivity index (χ1v) is 9.65. The largest absolute Gasteiger partial charge is 0.347 e. The second kappa shape index (κ2) is 9.00. The number of carbonyl (C=O) groups excluding carboxylic acids is 2. The number of nitrogens with zero attached hydrogens (tertiary/aromatic N) is 3. The van der Waals surface area contributed by atoms with Crippen LogP contribution in [0.5, 0.6) is 0 Å². The molecule has 3 aromatic rings. The highest BCUT2D eigenvalue weighted by atomic mass is 19.1. The summed E-state index contributed by atoms with van der Waals surface area (Å²) in [6.07, 6.45) is 0. The molecule has 0 spiro atoms. The lowest BCUT2D eigenvalue weighted by molar-refractivity contribution is -0.117. The van der Waals surface area contributed by atoms with Crippen LogP contribution in [0.2, 0.25) is 0 Å². The Balaban J connectivity index is 1.77. The van der Waals surface area contributed by atoms with Gasteiger partial charge in [0.1, 0.15) is 5.82 Å². The lowest BCUT2D eigenvalue weighted by atomic mass is 10.0. The van der Waals surface area contributed by atoms with Gasteiger partial charge in [0.25, 0.3) is 11.7 Å². The molecular formula is C23H25FN4O2. The zero-order valence-corrected chi connectivity index (χ0v) is 17.5. The van der Waals surface area contributed by atoms with Crippen LogP contribution in [0.4, 0.5) is 4.39 Å². The molecule has 3 rings (SSSR count). The highest BCUT2D eigenvalue weighted by Gasteiger charge is 2.26. The molecule has 0 radical (unpaired) electrons. The van der Waals surface area contributed by atoms with Crippen LogP contribution in [0.25, 0.3) is 5.69 Å². The van der Waals surface area contributed by atoms with Crippen LogP contribution < -0.4 is 5.32 Å². The van der Waals surface area contributed by atoms with E-state index < -0.39 is 11.7 Å². The van der Waals surface area contributed by atoms with Crippen molar-refractivity contribution in [2.45, 2.75) is 19.9 Å². The summed E-state index contributed by atoms with van der Waals surface area (Å²) < 4.78 is 14.9. The second-order valence-electron chi connectivity index (χ2n) is 7.36. The zero-order valence-electron chi connectivity index (χ0n) is 17.5. The van der Waals surface area contributed by atoms with Gasteiger partial charge in [0.15, 0.2) is 0 Å². The number of halogens is 1. The van der Waals surface area contributed by atoms with Crippen molar-refractivity contribution >= 4 is 11.7 Å². The Morgan fingerprint density at radius 1 is 1.07 bits per heavy atom. The van der Waals surface area contributed by atoms with Gasteiger partial charge >= 0.3 is 0 Å². The maximum atomic E-state index is 13.2. The number of amides is 1. The average Bonchev–Trinajstić information content (AvgIpc) is 3.03. The van der Waals surface area contributed by atoms with E-state index in [1.54, 1.807) is 30.7 Å². The predicted octanol–water partition coefficient (Wildman–Crippen LogP) is 3.23. The lowest BCUT2D eigenvalue weighted by Crippen LogP contribution is -2.38. The standard InChI is InChI=1S/C23H25FN4O2/c1-15-21(16(2)28(26-15)19-8-6-5-7-9-19)22(29)23(30)25-14-20(27(3)4)17-10-12-18(24)13-11-17/h5-13,20H,14H2,1-4H3,(H,25,30). The van der Waals surface area contributed by atoms with E-state index in [-0.39, 0.29) is 18.4 Å². The fraction of sp³-hybridized carbons (Fsp3) is 0.261. The van der Waals surface area contributed by atoms with E-state index in [1.807, 2.05) is 49.3 Å². The highest BCUT2D eigenvalue weighted by Crippen LogP contribution is 2.20. The molecule has 0 saturated heterocycles. The van der Waals surface area contributed by atoms with E-state index in [4.69, 9.17) is 0 Å². The average molecular weight is 408 g/mol. The van der Waals surface area contributed by atoms with Crippen LogP contribution in [0.1, 0.15) is 33.4 Å². The van der Waals surface area contributed by atoms with Gasteiger partial charge in [0.2, 0.25) is 0 Å². The second-order valence-corrected chi connectivity index (χ2v) is 7.36. The Bertz CT molecular complexity index is 1040. The summed E-state index contributed by atoms with van der Waals surface area (Å²) in [4.78, 5) is 27.4. The van der Waals surface area contributed by atoms with Crippen molar-refractivity contribution in [1.29, 1.82) is 0 Å². The number of ketones is 1. The Labute approximate surface area is 175 Å². The van der Waals surface area contributed by atoms with Gasteiger partial charge < -0.3 is 10.2 Å². The summed E-state index contributed by atoms with van der Waals surface area (Å²) in [6.45, 7) is 3.71. The molecule has 1 N–H and O–H groups in total. The van der Waals surface area contributed by atoms with Crippen LogP contribution in [0, 0.1) is 19.7 Å². The smallest absolute Gasteiger partial charge is 0.292 e. The minimum absolute atomic E-state index is 0.198. The van der Waals surface area contributed by atoms with Gasteiger partial charge in [-0.25, -0.2) is 9.07 Å². The molecule has 7 heteroatoms. The molecule has 1 heterocycles. The van der Waals surface area contributed by atoms with Crippen molar-refractivity contribution in [3.8, 4) is 5.69 Å². The van der Waals surface area contributed by atoms with Crippen molar-refractivity contribution in [3.63, 3.8) is 0 Å². The molecule has 156 valence electrons. The van der Waals surface area contributed by atoms with Gasteiger partial charge in [-0.05, 0) is 57.8 Å². The molecule has 0 fully saturated rings. The maximum absolute atomic E-state index is 13.2. The highest BCUT2D eigenvalue weighted by molar-refractivity contribution is 6.43. The topological polar surface area (TPSA) is 67.2 Å². The summed E-state index contributed by atoms with van der Waals surface area (Å²) in [5.74, 6) is -1.64. The van der Waals surface area contributed by atoms with Crippen molar-refractivity contribution < 1.29 is 14.0 Å². The molecule has 1 aromatic heterocycles. The zero-order chi connectivity index (χ0) is 21.8. The fourth-order valence-electron chi connectivity index (χ4n) is 3.46. The molecule has 0 bridgehead atoms. The van der Waals surface area contributed by atoms with E-state index in [2.05, 4.69) is 10.4 Å². The Hall–Kier alpha value is -3.32. The summed E-state index contributed by atoms with van der Waals surface area (Å²) in [5.41, 5.74) is 3.08. The number of hydrogen-bond acceptors (Lipinski definition) is 4. The number of aromatic nitrogens is 2. The third kappa shape index (κ3) is 4.46. The first kappa shape index (κ1) is 21.4. The quantitative estimate of drug-likeness (QED) is 0.482. The summed E-state index contributed by atoms with van der Waals surface area (Å²) in [7, 11) is 3.72. The number of para-hydroxylation sites is 1. The van der Waals surface area contributed by atoms with Crippen molar-refractivity contribution in [2.24, 2.45) is 0 Å². The first-order chi connectivity index (χ1) is 14.3. The van der Waals surface area contributed by atoms with Crippen molar-refractivity contribution in [2.75, 3.05) is 20.6 Å². The molecule has 0 aliphatic rings. The van der Waals surface area contributed by atoms with Crippen LogP contribution in [-0.4, -0.2) is 47.0 Å². The number of rotatable bonds is 7. The molecule has 6 nitrogen and oxygen atoms in total. The first-order valence-electron chi connectivity index (χ1n) is 9.65. The molecule has 1 atom stereocenters. The van der Waals surface area contributed by atoms with E-state index >= 15 is 0 Å². The summed E-state index contributed by atoms with van der Waals surface area (Å²) in [5, 5.41) is 7.15. The number of likely N-dealkylation sites (N-methyl/N-ethyl adjacent to an activating group) is 1. The third-order valence-electron chi connectivity index (χ3n) is 5.06. The minimum atomic E-state index is -0.692. The molecular weight excluding hydrogens is 383 g/mol. The van der Waals surface area contributed by atoms with Crippen molar-refractivity contribution in [1.82, 2.24) is 20.0 Å². The SMILES string of the molecule is Cc1nn(-c2ccccc2)c(C)c1C(=O)C(=O)NCC(c1ccc(F)cc1)N(C)C. The van der Waals surface area contributed by atoms with E-state index in [9.17, 15) is 14.0 Å². The number of aryl methyl sites for hydroxylation is 1. The molecule has 1 unspecified atom stereocenters. The maximum Gasteiger partial charge on any atom is 0.292 e. The summed E-state index contributed by atoms with van der Waals surface area (Å²) >= 11 is 0. The molecule has 0 aliphatic heterocycles. The molecule has 1 amide bonds. The summed E-state index contributed by atoms with van der Waals surface area (Å²) in [6, 6.07) is 15.4. The fourth-order valence-corrected chi connectivity index (χ4v) is 3.46. The number of benzene rings is 2. The molecule has 0 saturated carbocycles. The van der Waals surface area contributed by atoms with Gasteiger partial charge in [-0.1, -0.05) is 30.3 Å². The minimum Gasteiger partial charge on any atom is -0.347 e. The Kier molecular flexibility index (Phi) is 6.42. The Morgan fingerprint density at radius 2 is 1.70 bits per heavy atom. The molecule has 2 aromatic carbocycles. The van der Waals surface area contributed by atoms with Gasteiger partial charge in [-0.2, -0.15) is 5.10 Å². The molecule has 0 aliphatic carbocycles. The van der Waals surface area contributed by atoms with Gasteiger partial charge in [0, 0.05) is 6.54 Å². The Morgan fingerprint density at radius 3 is 2.30 bits per heavy atom. The van der Waals surface area contributed by atoms with E-state index in [0.717, 1.165) is 11.3 Å². The van der Waals surface area contributed by atoms with Gasteiger partial charge in [-0.15, -0.1) is 0 Å². The van der Waals surface area contributed by atoms with E-state index in [1.165, 1.54) is 12.1 Å². The van der Waals surface area contributed by atoms with Crippen molar-refractivity contribution in [3.05, 3.63) is 82.9 Å². The third-order valence-corrected chi connectivity index (χ3v) is 5.06. The number of nitrogens with one attached hydrogen (secondary N) is 1. The number of hydrogen-bond donors (Lipinski definition) is 1. The van der Waals surface area contributed by atoms with Crippen LogP contribution in [0.15, 0.2) is 54.6 Å². The van der Waals surface area contributed by atoms with Crippen LogP contribution >= 0.6 is 0 Å². The number of carbonyl (C=O) groups is 2. The predicted molar refractivity (Wildman–Crippen MR) is 113 cm³/mol. The normalized spacial score (nSPS) is 12.1. The van der Waals surface area contributed by atoms with Gasteiger partial charge in [-0.3, -0.25) is 9.59 Å². The monoisotopic (exact) mass is 408 g/mol. The van der Waals surface area contributed by atoms with Gasteiger partial charge in [0.05, 0.1) is 28.7 Å².